The van der Waals surface area contributed by atoms with E-state index >= 15 is 0 Å². The highest BCUT2D eigenvalue weighted by molar-refractivity contribution is 9.10. The van der Waals surface area contributed by atoms with Crippen LogP contribution in [0.1, 0.15) is 18.1 Å². The van der Waals surface area contributed by atoms with E-state index in [0.717, 1.165) is 0 Å². The Morgan fingerprint density at radius 1 is 1.43 bits per heavy atom. The highest BCUT2D eigenvalue weighted by Crippen LogP contribution is 2.55. The molecule has 0 spiro atoms. The standard InChI is InChI=1S/C10H9BrF2O/c11-8-4-2-1-3-6(8)9(14)7-5-10(7,12)13/h1-4,7,9,14H,5H2/t7-,9-/m1/s1. The lowest BCUT2D eigenvalue weighted by Gasteiger charge is -2.11. The normalized spacial score (nSPS) is 25.9. The van der Waals surface area contributed by atoms with Crippen LogP contribution in [0.25, 0.3) is 0 Å². The summed E-state index contributed by atoms with van der Waals surface area (Å²) in [4.78, 5) is 0. The number of hydrogen-bond donors (Lipinski definition) is 1. The number of hydrogen-bond acceptors (Lipinski definition) is 1. The first-order valence-corrected chi connectivity index (χ1v) is 5.12. The minimum Gasteiger partial charge on any atom is -0.388 e. The quantitative estimate of drug-likeness (QED) is 0.869. The molecule has 2 rings (SSSR count). The van der Waals surface area contributed by atoms with Gasteiger partial charge in [-0.05, 0) is 11.6 Å². The molecule has 0 heterocycles. The van der Waals surface area contributed by atoms with Crippen LogP contribution < -0.4 is 0 Å². The second-order valence-corrected chi connectivity index (χ2v) is 4.39. The van der Waals surface area contributed by atoms with E-state index in [9.17, 15) is 13.9 Å². The van der Waals surface area contributed by atoms with Crippen LogP contribution in [-0.2, 0) is 0 Å². The van der Waals surface area contributed by atoms with Crippen molar-refractivity contribution in [1.82, 2.24) is 0 Å². The maximum atomic E-state index is 12.7. The van der Waals surface area contributed by atoms with E-state index < -0.39 is 17.9 Å². The molecule has 0 amide bonds. The molecule has 1 nitrogen and oxygen atoms in total. The first kappa shape index (κ1) is 10.1. The Morgan fingerprint density at radius 2 is 2.00 bits per heavy atom. The third-order valence-electron chi connectivity index (χ3n) is 2.48. The number of aliphatic hydroxyl groups excluding tert-OH is 1. The van der Waals surface area contributed by atoms with Crippen molar-refractivity contribution in [3.63, 3.8) is 0 Å². The van der Waals surface area contributed by atoms with Gasteiger partial charge < -0.3 is 5.11 Å². The Bertz CT molecular complexity index is 354. The van der Waals surface area contributed by atoms with Crippen LogP contribution in [0, 0.1) is 5.92 Å². The molecular formula is C10H9BrF2O. The molecule has 0 aromatic heterocycles. The summed E-state index contributed by atoms with van der Waals surface area (Å²) >= 11 is 3.23. The van der Waals surface area contributed by atoms with E-state index in [1.807, 2.05) is 0 Å². The Hall–Kier alpha value is -0.480. The van der Waals surface area contributed by atoms with Gasteiger partial charge in [0.2, 0.25) is 0 Å². The number of benzene rings is 1. The molecule has 1 N–H and O–H groups in total. The van der Waals surface area contributed by atoms with E-state index in [1.165, 1.54) is 0 Å². The van der Waals surface area contributed by atoms with Crippen LogP contribution in [0.2, 0.25) is 0 Å². The Morgan fingerprint density at radius 3 is 2.50 bits per heavy atom. The zero-order valence-corrected chi connectivity index (χ0v) is 8.84. The molecule has 1 aromatic rings. The van der Waals surface area contributed by atoms with Gasteiger partial charge in [0.05, 0.1) is 12.0 Å². The van der Waals surface area contributed by atoms with E-state index in [2.05, 4.69) is 15.9 Å². The molecular weight excluding hydrogens is 254 g/mol. The number of rotatable bonds is 2. The average Bonchev–Trinajstić information content (AvgIpc) is 2.75. The summed E-state index contributed by atoms with van der Waals surface area (Å²) < 4.78 is 26.1. The molecule has 0 radical (unpaired) electrons. The highest BCUT2D eigenvalue weighted by Gasteiger charge is 2.60. The predicted molar refractivity (Wildman–Crippen MR) is 52.2 cm³/mol. The monoisotopic (exact) mass is 262 g/mol. The fourth-order valence-electron chi connectivity index (χ4n) is 1.51. The van der Waals surface area contributed by atoms with Crippen molar-refractivity contribution < 1.29 is 13.9 Å². The number of aliphatic hydroxyl groups is 1. The van der Waals surface area contributed by atoms with Crippen molar-refractivity contribution in [2.45, 2.75) is 18.4 Å². The van der Waals surface area contributed by atoms with E-state index in [-0.39, 0.29) is 6.42 Å². The highest BCUT2D eigenvalue weighted by atomic mass is 79.9. The predicted octanol–water partition coefficient (Wildman–Crippen LogP) is 3.14. The molecule has 2 atom stereocenters. The summed E-state index contributed by atoms with van der Waals surface area (Å²) in [5.74, 6) is -3.60. The van der Waals surface area contributed by atoms with E-state index in [1.54, 1.807) is 24.3 Å². The lowest BCUT2D eigenvalue weighted by molar-refractivity contribution is 0.0475. The molecule has 0 unspecified atom stereocenters. The van der Waals surface area contributed by atoms with Crippen molar-refractivity contribution in [2.75, 3.05) is 0 Å². The molecule has 0 aliphatic heterocycles. The van der Waals surface area contributed by atoms with Crippen molar-refractivity contribution in [2.24, 2.45) is 5.92 Å². The minimum absolute atomic E-state index is 0.213. The molecule has 1 saturated carbocycles. The number of alkyl halides is 2. The van der Waals surface area contributed by atoms with Crippen LogP contribution in [0.15, 0.2) is 28.7 Å². The fraction of sp³-hybridized carbons (Fsp3) is 0.400. The zero-order valence-electron chi connectivity index (χ0n) is 7.25. The summed E-state index contributed by atoms with van der Waals surface area (Å²) in [5, 5.41) is 9.67. The molecule has 4 heteroatoms. The maximum Gasteiger partial charge on any atom is 0.254 e. The molecule has 1 aliphatic carbocycles. The van der Waals surface area contributed by atoms with Gasteiger partial charge in [-0.2, -0.15) is 0 Å². The summed E-state index contributed by atoms with van der Waals surface area (Å²) in [7, 11) is 0. The van der Waals surface area contributed by atoms with Gasteiger partial charge in [0.1, 0.15) is 0 Å². The third kappa shape index (κ3) is 1.68. The number of halogens is 3. The van der Waals surface area contributed by atoms with Crippen LogP contribution in [-0.4, -0.2) is 11.0 Å². The van der Waals surface area contributed by atoms with Gasteiger partial charge in [-0.15, -0.1) is 0 Å². The van der Waals surface area contributed by atoms with Gasteiger partial charge in [-0.25, -0.2) is 8.78 Å². The van der Waals surface area contributed by atoms with E-state index in [4.69, 9.17) is 0 Å². The zero-order chi connectivity index (χ0) is 10.3. The Labute approximate surface area is 88.9 Å². The summed E-state index contributed by atoms with van der Waals surface area (Å²) in [5.41, 5.74) is 0.537. The smallest absolute Gasteiger partial charge is 0.254 e. The van der Waals surface area contributed by atoms with Crippen molar-refractivity contribution >= 4 is 15.9 Å². The molecule has 76 valence electrons. The summed E-state index contributed by atoms with van der Waals surface area (Å²) in [6.45, 7) is 0. The molecule has 0 saturated heterocycles. The molecule has 14 heavy (non-hydrogen) atoms. The first-order chi connectivity index (χ1) is 6.52. The van der Waals surface area contributed by atoms with Gasteiger partial charge in [-0.3, -0.25) is 0 Å². The molecule has 0 bridgehead atoms. The van der Waals surface area contributed by atoms with Crippen LogP contribution in [0.3, 0.4) is 0 Å². The SMILES string of the molecule is O[C@H](c1ccccc1Br)[C@H]1CC1(F)F. The topological polar surface area (TPSA) is 20.2 Å². The van der Waals surface area contributed by atoms with Crippen molar-refractivity contribution in [3.8, 4) is 0 Å². The van der Waals surface area contributed by atoms with Gasteiger partial charge in [-0.1, -0.05) is 34.1 Å². The third-order valence-corrected chi connectivity index (χ3v) is 3.20. The maximum absolute atomic E-state index is 12.7. The first-order valence-electron chi connectivity index (χ1n) is 4.32. The molecule has 1 aromatic carbocycles. The summed E-state index contributed by atoms with van der Waals surface area (Å²) in [6.07, 6.45) is -1.28. The van der Waals surface area contributed by atoms with Crippen molar-refractivity contribution in [3.05, 3.63) is 34.3 Å². The van der Waals surface area contributed by atoms with Gasteiger partial charge >= 0.3 is 0 Å². The molecule has 1 fully saturated rings. The van der Waals surface area contributed by atoms with Gasteiger partial charge in [0, 0.05) is 10.9 Å². The lowest BCUT2D eigenvalue weighted by atomic mass is 10.1. The van der Waals surface area contributed by atoms with Gasteiger partial charge in [0.25, 0.3) is 5.92 Å². The molecule has 1 aliphatic rings. The van der Waals surface area contributed by atoms with Crippen LogP contribution in [0.4, 0.5) is 8.78 Å². The van der Waals surface area contributed by atoms with Crippen LogP contribution in [0.5, 0.6) is 0 Å². The summed E-state index contributed by atoms with van der Waals surface area (Å²) in [6, 6.07) is 6.90. The van der Waals surface area contributed by atoms with Crippen molar-refractivity contribution in [1.29, 1.82) is 0 Å². The van der Waals surface area contributed by atoms with E-state index in [0.29, 0.717) is 10.0 Å². The van der Waals surface area contributed by atoms with Gasteiger partial charge in [0.15, 0.2) is 0 Å². The fourth-order valence-corrected chi connectivity index (χ4v) is 2.03. The lowest BCUT2D eigenvalue weighted by Crippen LogP contribution is -2.06. The largest absolute Gasteiger partial charge is 0.388 e. The Kier molecular flexibility index (Phi) is 2.35. The minimum atomic E-state index is -2.69. The Balaban J connectivity index is 2.21. The second-order valence-electron chi connectivity index (χ2n) is 3.54. The van der Waals surface area contributed by atoms with Crippen LogP contribution >= 0.6 is 15.9 Å². The second kappa shape index (κ2) is 3.28. The average molecular weight is 263 g/mol.